The van der Waals surface area contributed by atoms with Gasteiger partial charge in [-0.3, -0.25) is 4.79 Å². The Morgan fingerprint density at radius 1 is 1.42 bits per heavy atom. The summed E-state index contributed by atoms with van der Waals surface area (Å²) in [5.74, 6) is 0.00357. The molecule has 0 saturated carbocycles. The van der Waals surface area contributed by atoms with E-state index < -0.39 is 0 Å². The number of amides is 1. The third-order valence-electron chi connectivity index (χ3n) is 4.84. The lowest BCUT2D eigenvalue weighted by Crippen LogP contribution is -2.40. The van der Waals surface area contributed by atoms with Crippen LogP contribution in [-0.2, 0) is 6.42 Å². The van der Waals surface area contributed by atoms with Gasteiger partial charge in [0, 0.05) is 24.9 Å². The molecule has 0 aliphatic carbocycles. The Morgan fingerprint density at radius 2 is 2.35 bits per heavy atom. The molecule has 1 atom stereocenters. The van der Waals surface area contributed by atoms with Crippen molar-refractivity contribution >= 4 is 11.4 Å². The summed E-state index contributed by atoms with van der Waals surface area (Å²) in [5.41, 5.74) is 4.77. The van der Waals surface area contributed by atoms with Gasteiger partial charge in [-0.2, -0.15) is 5.10 Å². The second kappa shape index (κ2) is 5.55. The minimum Gasteiger partial charge on any atom is -0.438 e. The average Bonchev–Trinajstić information content (AvgIpc) is 3.39. The summed E-state index contributed by atoms with van der Waals surface area (Å²) in [5, 5.41) is 4.71. The molecular formula is C18H16N6O2. The second-order valence-electron chi connectivity index (χ2n) is 6.37. The van der Waals surface area contributed by atoms with Crippen molar-refractivity contribution < 1.29 is 9.21 Å². The van der Waals surface area contributed by atoms with Crippen LogP contribution in [0.5, 0.6) is 0 Å². The molecule has 1 aliphatic rings. The fourth-order valence-electron chi connectivity index (χ4n) is 3.57. The first-order valence-electron chi connectivity index (χ1n) is 8.39. The van der Waals surface area contributed by atoms with E-state index in [0.29, 0.717) is 13.0 Å². The summed E-state index contributed by atoms with van der Waals surface area (Å²) in [6.07, 6.45) is 6.98. The summed E-state index contributed by atoms with van der Waals surface area (Å²) < 4.78 is 7.06. The van der Waals surface area contributed by atoms with Gasteiger partial charge in [0.05, 0.1) is 29.4 Å². The Balaban J connectivity index is 1.66. The Bertz CT molecular complexity index is 1090. The van der Waals surface area contributed by atoms with Gasteiger partial charge >= 0.3 is 0 Å². The number of hydrogen-bond donors (Lipinski definition) is 1. The Labute approximate surface area is 148 Å². The summed E-state index contributed by atoms with van der Waals surface area (Å²) in [6.45, 7) is 2.59. The first kappa shape index (κ1) is 14.9. The number of nitrogens with zero attached hydrogens (tertiary/aromatic N) is 5. The van der Waals surface area contributed by atoms with Crippen molar-refractivity contribution in [1.82, 2.24) is 29.5 Å². The summed E-state index contributed by atoms with van der Waals surface area (Å²) >= 11 is 0. The highest BCUT2D eigenvalue weighted by molar-refractivity contribution is 5.91. The van der Waals surface area contributed by atoms with Crippen LogP contribution in [-0.4, -0.2) is 41.9 Å². The molecule has 8 heteroatoms. The number of oxazole rings is 1. The van der Waals surface area contributed by atoms with Crippen molar-refractivity contribution in [3.63, 3.8) is 0 Å². The van der Waals surface area contributed by atoms with Gasteiger partial charge in [0.2, 0.25) is 5.76 Å². The normalized spacial score (nSPS) is 16.8. The van der Waals surface area contributed by atoms with E-state index in [2.05, 4.69) is 15.0 Å². The van der Waals surface area contributed by atoms with Crippen molar-refractivity contribution in [3.8, 4) is 0 Å². The monoisotopic (exact) mass is 348 g/mol. The maximum atomic E-state index is 13.0. The average molecular weight is 348 g/mol. The lowest BCUT2D eigenvalue weighted by Gasteiger charge is -2.33. The molecule has 5 heterocycles. The third kappa shape index (κ3) is 2.15. The Hall–Kier alpha value is -3.42. The van der Waals surface area contributed by atoms with Crippen LogP contribution in [0.4, 0.5) is 0 Å². The fourth-order valence-corrected chi connectivity index (χ4v) is 3.57. The van der Waals surface area contributed by atoms with Gasteiger partial charge in [-0.25, -0.2) is 14.5 Å². The van der Waals surface area contributed by atoms with E-state index in [0.717, 1.165) is 28.2 Å². The predicted molar refractivity (Wildman–Crippen MR) is 91.6 cm³/mol. The molecule has 1 N–H and O–H groups in total. The molecule has 4 aromatic rings. The first-order chi connectivity index (χ1) is 12.7. The molecule has 1 aliphatic heterocycles. The zero-order chi connectivity index (χ0) is 17.7. The van der Waals surface area contributed by atoms with E-state index in [1.54, 1.807) is 11.2 Å². The molecule has 0 radical (unpaired) electrons. The van der Waals surface area contributed by atoms with Crippen molar-refractivity contribution in [2.45, 2.75) is 19.4 Å². The predicted octanol–water partition coefficient (Wildman–Crippen LogP) is 2.14. The zero-order valence-electron chi connectivity index (χ0n) is 14.1. The number of H-pyrrole nitrogens is 1. The van der Waals surface area contributed by atoms with Gasteiger partial charge in [-0.05, 0) is 24.6 Å². The molecule has 0 bridgehead atoms. The number of hydrogen-bond acceptors (Lipinski definition) is 5. The van der Waals surface area contributed by atoms with Gasteiger partial charge in [-0.15, -0.1) is 0 Å². The molecule has 130 valence electrons. The number of fused-ring (bicyclic) bond motifs is 2. The molecule has 0 saturated heterocycles. The van der Waals surface area contributed by atoms with E-state index in [1.807, 2.05) is 35.8 Å². The first-order valence-corrected chi connectivity index (χ1v) is 8.39. The van der Waals surface area contributed by atoms with E-state index in [4.69, 9.17) is 9.52 Å². The van der Waals surface area contributed by atoms with Crippen LogP contribution < -0.4 is 0 Å². The molecule has 26 heavy (non-hydrogen) atoms. The van der Waals surface area contributed by atoms with Crippen molar-refractivity contribution in [2.24, 2.45) is 0 Å². The van der Waals surface area contributed by atoms with Gasteiger partial charge in [-0.1, -0.05) is 6.07 Å². The lowest BCUT2D eigenvalue weighted by molar-refractivity contribution is 0.0654. The number of pyridine rings is 1. The van der Waals surface area contributed by atoms with Crippen LogP contribution in [0.3, 0.4) is 0 Å². The minimum atomic E-state index is -0.373. The Kier molecular flexibility index (Phi) is 3.18. The maximum Gasteiger partial charge on any atom is 0.292 e. The number of carbonyl (C=O) groups excluding carboxylic acids is 1. The van der Waals surface area contributed by atoms with Gasteiger partial charge in [0.15, 0.2) is 6.39 Å². The van der Waals surface area contributed by atoms with Gasteiger partial charge in [0.25, 0.3) is 5.91 Å². The molecule has 0 fully saturated rings. The molecule has 0 spiro atoms. The highest BCUT2D eigenvalue weighted by atomic mass is 16.3. The molecule has 0 aromatic carbocycles. The number of carbonyl (C=O) groups is 1. The second-order valence-corrected chi connectivity index (χ2v) is 6.37. The highest BCUT2D eigenvalue weighted by Crippen LogP contribution is 2.34. The third-order valence-corrected chi connectivity index (χ3v) is 4.84. The number of aromatic amines is 1. The molecule has 1 unspecified atom stereocenters. The molecule has 1 amide bonds. The summed E-state index contributed by atoms with van der Waals surface area (Å²) in [7, 11) is 0. The van der Waals surface area contributed by atoms with Crippen molar-refractivity contribution in [1.29, 1.82) is 0 Å². The van der Waals surface area contributed by atoms with Gasteiger partial charge in [0.1, 0.15) is 6.04 Å². The largest absolute Gasteiger partial charge is 0.438 e. The van der Waals surface area contributed by atoms with Crippen LogP contribution in [0.25, 0.3) is 5.52 Å². The molecule has 5 rings (SSSR count). The van der Waals surface area contributed by atoms with Gasteiger partial charge < -0.3 is 14.3 Å². The van der Waals surface area contributed by atoms with Crippen LogP contribution >= 0.6 is 0 Å². The number of aromatic nitrogens is 5. The van der Waals surface area contributed by atoms with E-state index in [1.165, 1.54) is 12.6 Å². The summed E-state index contributed by atoms with van der Waals surface area (Å²) in [6, 6.07) is 5.64. The zero-order valence-corrected chi connectivity index (χ0v) is 14.1. The van der Waals surface area contributed by atoms with Crippen molar-refractivity contribution in [3.05, 3.63) is 71.7 Å². The number of aryl methyl sites for hydroxylation is 1. The van der Waals surface area contributed by atoms with E-state index >= 15 is 0 Å². The van der Waals surface area contributed by atoms with E-state index in [-0.39, 0.29) is 17.7 Å². The molecule has 8 nitrogen and oxygen atoms in total. The van der Waals surface area contributed by atoms with Crippen LogP contribution in [0.15, 0.2) is 47.7 Å². The van der Waals surface area contributed by atoms with Crippen molar-refractivity contribution in [2.75, 3.05) is 6.54 Å². The van der Waals surface area contributed by atoms with Crippen LogP contribution in [0.2, 0.25) is 0 Å². The molecule has 4 aromatic heterocycles. The maximum absolute atomic E-state index is 13.0. The minimum absolute atomic E-state index is 0.213. The molecular weight excluding hydrogens is 332 g/mol. The highest BCUT2D eigenvalue weighted by Gasteiger charge is 2.37. The topological polar surface area (TPSA) is 92.3 Å². The summed E-state index contributed by atoms with van der Waals surface area (Å²) in [4.78, 5) is 26.2. The van der Waals surface area contributed by atoms with Crippen LogP contribution in [0, 0.1) is 6.92 Å². The fraction of sp³-hybridized carbons (Fsp3) is 0.222. The number of nitrogens with one attached hydrogen (secondary N) is 1. The SMILES string of the molecule is Cc1cccn2nc(C3c4nc[nH]c4CCN3C(=O)c3cnco3)cc12. The standard InChI is InChI=1S/C18H16N6O2/c1-11-3-2-5-24-14(11)7-13(22-24)17-16-12(20-9-21-16)4-6-23(17)18(25)15-8-19-10-26-15/h2-3,5,7-10,17H,4,6H2,1H3,(H,20,21). The van der Waals surface area contributed by atoms with E-state index in [9.17, 15) is 4.79 Å². The quantitative estimate of drug-likeness (QED) is 0.599. The smallest absolute Gasteiger partial charge is 0.292 e. The Morgan fingerprint density at radius 3 is 3.15 bits per heavy atom. The lowest BCUT2D eigenvalue weighted by atomic mass is 9.99. The van der Waals surface area contributed by atoms with Crippen LogP contribution in [0.1, 0.15) is 39.2 Å². The number of imidazole rings is 1. The number of rotatable bonds is 2.